The minimum Gasteiger partial charge on any atom is -0.378 e. The van der Waals surface area contributed by atoms with Gasteiger partial charge in [0.05, 0.1) is 35.4 Å². The van der Waals surface area contributed by atoms with Gasteiger partial charge in [-0.25, -0.2) is 8.93 Å². The van der Waals surface area contributed by atoms with Gasteiger partial charge in [-0.2, -0.15) is 5.10 Å². The van der Waals surface area contributed by atoms with Crippen LogP contribution in [0.5, 0.6) is 0 Å². The lowest BCUT2D eigenvalue weighted by Crippen LogP contribution is -2.50. The van der Waals surface area contributed by atoms with E-state index in [0.717, 1.165) is 39.0 Å². The maximum Gasteiger partial charge on any atom is 0.0886 e. The van der Waals surface area contributed by atoms with Crippen molar-refractivity contribution in [2.75, 3.05) is 26.0 Å². The molecule has 2 aromatic rings. The van der Waals surface area contributed by atoms with E-state index in [1.54, 1.807) is 6.26 Å². The average molecular weight is 405 g/mol. The Hall–Kier alpha value is -1.28. The number of nitrogens with one attached hydrogen (secondary N) is 2. The van der Waals surface area contributed by atoms with Gasteiger partial charge in [-0.1, -0.05) is 6.07 Å². The van der Waals surface area contributed by atoms with Gasteiger partial charge in [0, 0.05) is 37.2 Å². The number of hydrogen-bond donors (Lipinski definition) is 2. The quantitative estimate of drug-likeness (QED) is 0.776. The highest BCUT2D eigenvalue weighted by Gasteiger charge is 2.28. The van der Waals surface area contributed by atoms with Crippen molar-refractivity contribution in [3.05, 3.63) is 30.0 Å². The van der Waals surface area contributed by atoms with E-state index in [2.05, 4.69) is 33.3 Å². The molecule has 2 fully saturated rings. The van der Waals surface area contributed by atoms with E-state index in [0.29, 0.717) is 17.9 Å². The largest absolute Gasteiger partial charge is 0.378 e. The van der Waals surface area contributed by atoms with Crippen molar-refractivity contribution in [2.24, 2.45) is 13.0 Å². The molecule has 154 valence electrons. The molecular weight excluding hydrogens is 372 g/mol. The third-order valence-corrected chi connectivity index (χ3v) is 7.02. The monoisotopic (exact) mass is 404 g/mol. The molecule has 0 amide bonds. The topological polar surface area (TPSA) is 68.2 Å². The zero-order valence-corrected chi connectivity index (χ0v) is 17.7. The van der Waals surface area contributed by atoms with Gasteiger partial charge < -0.3 is 10.1 Å². The minimum atomic E-state index is -0.966. The number of rotatable bonds is 6. The molecule has 0 spiro atoms. The second-order valence-corrected chi connectivity index (χ2v) is 9.47. The standard InChI is InChI=1S/C21H32N4O2S/c1-25-21-8-5-16(11-17(21)13-23-25)15-3-6-19(7-4-15)27-14-18-12-22-10-9-20(18)24-28(2)26/h5,8,11,13,15,18-20,22,24H,3-4,6-7,9-10,12,14H2,1-2H3. The first-order valence-corrected chi connectivity index (χ1v) is 12.0. The molecule has 2 aliphatic rings. The molecule has 1 saturated carbocycles. The molecule has 6 nitrogen and oxygen atoms in total. The number of aromatic nitrogens is 2. The molecule has 2 heterocycles. The predicted molar refractivity (Wildman–Crippen MR) is 114 cm³/mol. The number of benzene rings is 1. The van der Waals surface area contributed by atoms with Crippen molar-refractivity contribution in [2.45, 2.75) is 50.2 Å². The lowest BCUT2D eigenvalue weighted by Gasteiger charge is -2.34. The van der Waals surface area contributed by atoms with Gasteiger partial charge in [-0.15, -0.1) is 0 Å². The molecule has 1 aliphatic carbocycles. The molecule has 28 heavy (non-hydrogen) atoms. The van der Waals surface area contributed by atoms with Crippen LogP contribution in [0.2, 0.25) is 0 Å². The van der Waals surface area contributed by atoms with Crippen LogP contribution in [0.3, 0.4) is 0 Å². The highest BCUT2D eigenvalue weighted by Crippen LogP contribution is 2.35. The Bertz CT molecular complexity index is 816. The van der Waals surface area contributed by atoms with Crippen molar-refractivity contribution in [3.8, 4) is 0 Å². The van der Waals surface area contributed by atoms with Crippen molar-refractivity contribution in [1.29, 1.82) is 0 Å². The Kier molecular flexibility index (Phi) is 6.45. The zero-order valence-electron chi connectivity index (χ0n) is 16.9. The van der Waals surface area contributed by atoms with E-state index in [4.69, 9.17) is 4.74 Å². The summed E-state index contributed by atoms with van der Waals surface area (Å²) in [6, 6.07) is 7.06. The van der Waals surface area contributed by atoms with Gasteiger partial charge in [0.25, 0.3) is 0 Å². The maximum atomic E-state index is 11.6. The Labute approximate surface area is 170 Å². The normalized spacial score (nSPS) is 29.8. The van der Waals surface area contributed by atoms with Crippen molar-refractivity contribution >= 4 is 21.9 Å². The van der Waals surface area contributed by atoms with Crippen LogP contribution >= 0.6 is 0 Å². The number of ether oxygens (including phenoxy) is 1. The van der Waals surface area contributed by atoms with Crippen molar-refractivity contribution < 1.29 is 8.95 Å². The molecule has 0 radical (unpaired) electrons. The van der Waals surface area contributed by atoms with E-state index in [-0.39, 0.29) is 6.04 Å². The molecular formula is C21H32N4O2S. The van der Waals surface area contributed by atoms with Gasteiger partial charge in [0.15, 0.2) is 0 Å². The van der Waals surface area contributed by atoms with Gasteiger partial charge in [-0.05, 0) is 62.3 Å². The summed E-state index contributed by atoms with van der Waals surface area (Å²) in [6.45, 7) is 2.67. The van der Waals surface area contributed by atoms with Gasteiger partial charge in [-0.3, -0.25) is 4.68 Å². The molecule has 7 heteroatoms. The average Bonchev–Trinajstić information content (AvgIpc) is 3.08. The second-order valence-electron chi connectivity index (χ2n) is 8.32. The van der Waals surface area contributed by atoms with Crippen LogP contribution in [-0.2, 0) is 22.8 Å². The molecule has 1 aromatic heterocycles. The fraction of sp³-hybridized carbons (Fsp3) is 0.667. The molecule has 1 aromatic carbocycles. The van der Waals surface area contributed by atoms with E-state index in [9.17, 15) is 4.21 Å². The zero-order chi connectivity index (χ0) is 19.5. The Morgan fingerprint density at radius 3 is 2.89 bits per heavy atom. The fourth-order valence-corrected chi connectivity index (χ4v) is 5.46. The first-order valence-electron chi connectivity index (χ1n) is 10.4. The number of piperidine rings is 1. The molecule has 0 bridgehead atoms. The van der Waals surface area contributed by atoms with Gasteiger partial charge in [0.1, 0.15) is 0 Å². The van der Waals surface area contributed by atoms with E-state index in [1.165, 1.54) is 29.3 Å². The van der Waals surface area contributed by atoms with Gasteiger partial charge >= 0.3 is 0 Å². The summed E-state index contributed by atoms with van der Waals surface area (Å²) in [5.74, 6) is 1.01. The first kappa shape index (κ1) is 20.0. The summed E-state index contributed by atoms with van der Waals surface area (Å²) in [5.41, 5.74) is 2.63. The molecule has 1 saturated heterocycles. The van der Waals surface area contributed by atoms with Crippen LogP contribution in [0.15, 0.2) is 24.4 Å². The lowest BCUT2D eigenvalue weighted by molar-refractivity contribution is -0.00393. The Balaban J connectivity index is 1.28. The van der Waals surface area contributed by atoms with E-state index in [1.807, 2.05) is 17.9 Å². The maximum absolute atomic E-state index is 11.6. The predicted octanol–water partition coefficient (Wildman–Crippen LogP) is 2.48. The number of fused-ring (bicyclic) bond motifs is 1. The van der Waals surface area contributed by atoms with Crippen LogP contribution < -0.4 is 10.0 Å². The van der Waals surface area contributed by atoms with Crippen LogP contribution in [0.4, 0.5) is 0 Å². The van der Waals surface area contributed by atoms with Crippen molar-refractivity contribution in [3.63, 3.8) is 0 Å². The van der Waals surface area contributed by atoms with Gasteiger partial charge in [0.2, 0.25) is 0 Å². The van der Waals surface area contributed by atoms with Crippen LogP contribution in [0.1, 0.15) is 43.6 Å². The SMILES string of the molecule is Cn1ncc2cc(C3CCC(OCC4CNCCC4NS(C)=O)CC3)ccc21. The number of hydrogen-bond acceptors (Lipinski definition) is 4. The smallest absolute Gasteiger partial charge is 0.0886 e. The Morgan fingerprint density at radius 2 is 2.11 bits per heavy atom. The summed E-state index contributed by atoms with van der Waals surface area (Å²) >= 11 is 0. The lowest BCUT2D eigenvalue weighted by atomic mass is 9.82. The fourth-order valence-electron chi connectivity index (χ4n) is 4.72. The number of nitrogens with zero attached hydrogens (tertiary/aromatic N) is 2. The molecule has 1 aliphatic heterocycles. The highest BCUT2D eigenvalue weighted by molar-refractivity contribution is 7.82. The van der Waals surface area contributed by atoms with Crippen LogP contribution in [0, 0.1) is 5.92 Å². The van der Waals surface area contributed by atoms with Crippen LogP contribution in [0.25, 0.3) is 10.9 Å². The summed E-state index contributed by atoms with van der Waals surface area (Å²) in [7, 11) is 1.02. The first-order chi connectivity index (χ1) is 13.6. The highest BCUT2D eigenvalue weighted by atomic mass is 32.2. The van der Waals surface area contributed by atoms with E-state index >= 15 is 0 Å². The third kappa shape index (κ3) is 4.64. The molecule has 2 N–H and O–H groups in total. The minimum absolute atomic E-state index is 0.287. The molecule has 3 unspecified atom stereocenters. The van der Waals surface area contributed by atoms with Crippen LogP contribution in [-0.4, -0.2) is 52.1 Å². The summed E-state index contributed by atoms with van der Waals surface area (Å²) in [4.78, 5) is 0. The molecule has 4 rings (SSSR count). The third-order valence-electron chi connectivity index (χ3n) is 6.39. The second kappa shape index (κ2) is 9.03. The summed E-state index contributed by atoms with van der Waals surface area (Å²) in [5, 5.41) is 9.03. The number of aryl methyl sites for hydroxylation is 1. The van der Waals surface area contributed by atoms with Crippen molar-refractivity contribution in [1.82, 2.24) is 19.8 Å². The summed E-state index contributed by atoms with van der Waals surface area (Å²) in [6.07, 6.45) is 9.63. The van der Waals surface area contributed by atoms with E-state index < -0.39 is 11.0 Å². The summed E-state index contributed by atoms with van der Waals surface area (Å²) < 4.78 is 23.0. The molecule has 3 atom stereocenters. The Morgan fingerprint density at radius 1 is 1.29 bits per heavy atom.